The van der Waals surface area contributed by atoms with Crippen molar-refractivity contribution in [3.8, 4) is 0 Å². The lowest BCUT2D eigenvalue weighted by Crippen LogP contribution is -2.39. The van der Waals surface area contributed by atoms with Crippen LogP contribution in [-0.2, 0) is 14.3 Å². The van der Waals surface area contributed by atoms with E-state index in [4.69, 9.17) is 10.5 Å². The topological polar surface area (TPSA) is 93.5 Å². The van der Waals surface area contributed by atoms with Crippen LogP contribution < -0.4 is 16.4 Å². The van der Waals surface area contributed by atoms with Crippen LogP contribution in [0, 0.1) is 0 Å². The smallest absolute Gasteiger partial charge is 0.249 e. The molecule has 0 aliphatic carbocycles. The van der Waals surface area contributed by atoms with E-state index in [9.17, 15) is 9.59 Å². The number of ether oxygens (including phenoxy) is 1. The summed E-state index contributed by atoms with van der Waals surface area (Å²) >= 11 is 0. The maximum absolute atomic E-state index is 11.8. The lowest BCUT2D eigenvalue weighted by molar-refractivity contribution is -0.132. The molecule has 0 bridgehead atoms. The van der Waals surface area contributed by atoms with Crippen LogP contribution >= 0.6 is 0 Å². The van der Waals surface area contributed by atoms with Gasteiger partial charge in [-0.15, -0.1) is 0 Å². The van der Waals surface area contributed by atoms with Crippen LogP contribution in [0.2, 0.25) is 0 Å². The second-order valence-electron chi connectivity index (χ2n) is 4.98. The van der Waals surface area contributed by atoms with E-state index in [0.29, 0.717) is 25.9 Å². The van der Waals surface area contributed by atoms with Crippen molar-refractivity contribution in [1.82, 2.24) is 10.6 Å². The highest BCUT2D eigenvalue weighted by atomic mass is 16.5. The molecule has 0 aromatic carbocycles. The van der Waals surface area contributed by atoms with E-state index in [0.717, 1.165) is 12.8 Å². The molecule has 1 aliphatic rings. The van der Waals surface area contributed by atoms with Gasteiger partial charge in [0.1, 0.15) is 6.10 Å². The second-order valence-corrected chi connectivity index (χ2v) is 4.98. The zero-order valence-electron chi connectivity index (χ0n) is 11.8. The Morgan fingerprint density at radius 1 is 1.42 bits per heavy atom. The monoisotopic (exact) mass is 271 g/mol. The Hall–Kier alpha value is -1.14. The lowest BCUT2D eigenvalue weighted by atomic mass is 10.2. The first-order valence-electron chi connectivity index (χ1n) is 6.99. The van der Waals surface area contributed by atoms with Crippen molar-refractivity contribution >= 4 is 11.8 Å². The summed E-state index contributed by atoms with van der Waals surface area (Å²) in [6.45, 7) is 4.75. The van der Waals surface area contributed by atoms with E-state index >= 15 is 0 Å². The zero-order chi connectivity index (χ0) is 14.3. The molecule has 19 heavy (non-hydrogen) atoms. The Labute approximate surface area is 114 Å². The summed E-state index contributed by atoms with van der Waals surface area (Å²) in [5, 5.41) is 5.58. The Bertz CT molecular complexity index is 310. The fraction of sp³-hybridized carbons (Fsp3) is 0.846. The number of amides is 2. The van der Waals surface area contributed by atoms with Crippen molar-refractivity contribution in [1.29, 1.82) is 0 Å². The molecule has 1 rings (SSSR count). The quantitative estimate of drug-likeness (QED) is 0.603. The maximum atomic E-state index is 11.8. The van der Waals surface area contributed by atoms with Crippen LogP contribution in [0.15, 0.2) is 0 Å². The highest BCUT2D eigenvalue weighted by Gasteiger charge is 2.29. The summed E-state index contributed by atoms with van der Waals surface area (Å²) in [5.74, 6) is -0.186. The summed E-state index contributed by atoms with van der Waals surface area (Å²) in [7, 11) is 0. The summed E-state index contributed by atoms with van der Waals surface area (Å²) in [4.78, 5) is 23.3. The fourth-order valence-corrected chi connectivity index (χ4v) is 1.93. The number of carbonyl (C=O) groups excluding carboxylic acids is 2. The van der Waals surface area contributed by atoms with Gasteiger partial charge < -0.3 is 21.1 Å². The Morgan fingerprint density at radius 3 is 2.74 bits per heavy atom. The number of nitrogens with one attached hydrogen (secondary N) is 2. The van der Waals surface area contributed by atoms with Crippen LogP contribution in [0.5, 0.6) is 0 Å². The van der Waals surface area contributed by atoms with E-state index in [-0.39, 0.29) is 24.0 Å². The largest absolute Gasteiger partial charge is 0.364 e. The van der Waals surface area contributed by atoms with Gasteiger partial charge in [-0.1, -0.05) is 6.92 Å². The molecule has 0 aromatic heterocycles. The molecule has 6 heteroatoms. The first kappa shape index (κ1) is 15.9. The molecule has 1 heterocycles. The van der Waals surface area contributed by atoms with Crippen molar-refractivity contribution in [2.75, 3.05) is 13.1 Å². The number of carbonyl (C=O) groups is 2. The Balaban J connectivity index is 2.15. The molecule has 110 valence electrons. The molecule has 1 saturated heterocycles. The van der Waals surface area contributed by atoms with Crippen molar-refractivity contribution in [3.63, 3.8) is 0 Å². The van der Waals surface area contributed by atoms with Gasteiger partial charge in [-0.05, 0) is 26.2 Å². The standard InChI is InChI=1S/C13H25N3O3/c1-3-9(2)16-12(17)6-7-15-13(18)11-5-4-10(8-14)19-11/h9-11H,3-8,14H2,1-2H3,(H,15,18)(H,16,17)/t9?,10-,11+/m1/s1. The molecule has 4 N–H and O–H groups in total. The first-order valence-corrected chi connectivity index (χ1v) is 6.99. The Kier molecular flexibility index (Phi) is 6.80. The van der Waals surface area contributed by atoms with Crippen LogP contribution in [0.25, 0.3) is 0 Å². The van der Waals surface area contributed by atoms with Crippen molar-refractivity contribution < 1.29 is 14.3 Å². The molecule has 1 aliphatic heterocycles. The maximum Gasteiger partial charge on any atom is 0.249 e. The van der Waals surface area contributed by atoms with Gasteiger partial charge >= 0.3 is 0 Å². The van der Waals surface area contributed by atoms with Gasteiger partial charge in [-0.25, -0.2) is 0 Å². The number of hydrogen-bond donors (Lipinski definition) is 3. The minimum absolute atomic E-state index is 0.00977. The minimum atomic E-state index is -0.411. The molecule has 0 spiro atoms. The summed E-state index contributed by atoms with van der Waals surface area (Å²) in [6, 6.07) is 0.173. The minimum Gasteiger partial charge on any atom is -0.364 e. The third-order valence-corrected chi connectivity index (χ3v) is 3.33. The SMILES string of the molecule is CCC(C)NC(=O)CCNC(=O)[C@@H]1CC[C@H](CN)O1. The fourth-order valence-electron chi connectivity index (χ4n) is 1.93. The molecule has 2 amide bonds. The van der Waals surface area contributed by atoms with Gasteiger partial charge in [0.15, 0.2) is 0 Å². The van der Waals surface area contributed by atoms with Gasteiger partial charge in [0.05, 0.1) is 6.10 Å². The van der Waals surface area contributed by atoms with Gasteiger partial charge in [-0.3, -0.25) is 9.59 Å². The van der Waals surface area contributed by atoms with Crippen LogP contribution in [0.4, 0.5) is 0 Å². The van der Waals surface area contributed by atoms with E-state index < -0.39 is 6.10 Å². The van der Waals surface area contributed by atoms with Crippen LogP contribution in [-0.4, -0.2) is 43.2 Å². The number of rotatable bonds is 7. The van der Waals surface area contributed by atoms with Crippen molar-refractivity contribution in [2.45, 2.75) is 57.8 Å². The Morgan fingerprint density at radius 2 is 2.16 bits per heavy atom. The summed E-state index contributed by atoms with van der Waals surface area (Å²) < 4.78 is 5.47. The van der Waals surface area contributed by atoms with Crippen molar-refractivity contribution in [3.05, 3.63) is 0 Å². The van der Waals surface area contributed by atoms with Gasteiger partial charge in [0, 0.05) is 25.6 Å². The third-order valence-electron chi connectivity index (χ3n) is 3.33. The van der Waals surface area contributed by atoms with Crippen molar-refractivity contribution in [2.24, 2.45) is 5.73 Å². The lowest BCUT2D eigenvalue weighted by Gasteiger charge is -2.14. The molecular formula is C13H25N3O3. The van der Waals surface area contributed by atoms with Crippen LogP contribution in [0.3, 0.4) is 0 Å². The third kappa shape index (κ3) is 5.57. The molecule has 1 unspecified atom stereocenters. The second kappa shape index (κ2) is 8.12. The van der Waals surface area contributed by atoms with Crippen LogP contribution in [0.1, 0.15) is 39.5 Å². The molecule has 0 radical (unpaired) electrons. The molecule has 0 aromatic rings. The number of hydrogen-bond acceptors (Lipinski definition) is 4. The number of nitrogens with two attached hydrogens (primary N) is 1. The zero-order valence-corrected chi connectivity index (χ0v) is 11.8. The van der Waals surface area contributed by atoms with Gasteiger partial charge in [0.25, 0.3) is 0 Å². The van der Waals surface area contributed by atoms with Gasteiger partial charge in [-0.2, -0.15) is 0 Å². The summed E-state index contributed by atoms with van der Waals surface area (Å²) in [6.07, 6.45) is 2.30. The average molecular weight is 271 g/mol. The predicted octanol–water partition coefficient (Wildman–Crippen LogP) is -0.0863. The molecule has 1 fully saturated rings. The highest BCUT2D eigenvalue weighted by molar-refractivity contribution is 5.82. The van der Waals surface area contributed by atoms with E-state index in [1.165, 1.54) is 0 Å². The van der Waals surface area contributed by atoms with E-state index in [2.05, 4.69) is 10.6 Å². The normalized spacial score (nSPS) is 23.9. The molecular weight excluding hydrogens is 246 g/mol. The van der Waals surface area contributed by atoms with E-state index in [1.54, 1.807) is 0 Å². The molecule has 6 nitrogen and oxygen atoms in total. The first-order chi connectivity index (χ1) is 9.06. The highest BCUT2D eigenvalue weighted by Crippen LogP contribution is 2.18. The molecule has 3 atom stereocenters. The molecule has 0 saturated carbocycles. The summed E-state index contributed by atoms with van der Waals surface area (Å²) in [5.41, 5.74) is 5.49. The predicted molar refractivity (Wildman–Crippen MR) is 72.5 cm³/mol. The average Bonchev–Trinajstić information content (AvgIpc) is 2.87. The van der Waals surface area contributed by atoms with E-state index in [1.807, 2.05) is 13.8 Å². The van der Waals surface area contributed by atoms with Gasteiger partial charge in [0.2, 0.25) is 11.8 Å².